The molecule has 1 heterocycles. The summed E-state index contributed by atoms with van der Waals surface area (Å²) in [5.74, 6) is 0. The van der Waals surface area contributed by atoms with Gasteiger partial charge in [0.25, 0.3) is 0 Å². The zero-order valence-electron chi connectivity index (χ0n) is 8.12. The predicted octanol–water partition coefficient (Wildman–Crippen LogP) is 1.44. The fourth-order valence-electron chi connectivity index (χ4n) is 0.984. The number of carbonyl (C=O) groups is 1. The lowest BCUT2D eigenvalue weighted by Gasteiger charge is -2.24. The van der Waals surface area contributed by atoms with E-state index >= 15 is 0 Å². The first-order chi connectivity index (χ1) is 6.14. The van der Waals surface area contributed by atoms with E-state index in [9.17, 15) is 4.79 Å². The Morgan fingerprint density at radius 1 is 1.54 bits per heavy atom. The van der Waals surface area contributed by atoms with Gasteiger partial charge < -0.3 is 9.53 Å². The summed E-state index contributed by atoms with van der Waals surface area (Å²) in [5.41, 5.74) is -0.888. The van der Waals surface area contributed by atoms with E-state index < -0.39 is 5.60 Å². The molecule has 76 valence electrons. The highest BCUT2D eigenvalue weighted by Crippen LogP contribution is 2.16. The molecule has 1 rings (SSSR count). The summed E-state index contributed by atoms with van der Waals surface area (Å²) in [4.78, 5) is 20.4. The Morgan fingerprint density at radius 3 is 2.85 bits per heavy atom. The van der Waals surface area contributed by atoms with Crippen LogP contribution in [0.5, 0.6) is 0 Å². The molecule has 1 fully saturated rings. The van der Waals surface area contributed by atoms with Crippen molar-refractivity contribution in [3.63, 3.8) is 0 Å². The first-order valence-electron chi connectivity index (χ1n) is 4.56. The molecule has 0 spiro atoms. The summed E-state index contributed by atoms with van der Waals surface area (Å²) in [6.07, 6.45) is 3.37. The zero-order valence-corrected chi connectivity index (χ0v) is 8.12. The van der Waals surface area contributed by atoms with E-state index in [0.29, 0.717) is 12.9 Å². The van der Waals surface area contributed by atoms with E-state index in [1.807, 2.05) is 0 Å². The maximum atomic E-state index is 10.5. The van der Waals surface area contributed by atoms with Gasteiger partial charge in [-0.2, -0.15) is 0 Å². The molecule has 4 nitrogen and oxygen atoms in total. The lowest BCUT2D eigenvalue weighted by molar-refractivity contribution is -0.413. The molecular formula is C9H16O4. The molecule has 1 unspecified atom stereocenters. The molecule has 0 aliphatic carbocycles. The second kappa shape index (κ2) is 4.69. The predicted molar refractivity (Wildman–Crippen MR) is 45.9 cm³/mol. The van der Waals surface area contributed by atoms with Gasteiger partial charge in [-0.3, -0.25) is 0 Å². The average Bonchev–Trinajstić information content (AvgIpc) is 2.17. The smallest absolute Gasteiger partial charge is 0.191 e. The molecule has 0 amide bonds. The minimum Gasteiger partial charge on any atom is -0.350 e. The molecule has 0 bridgehead atoms. The van der Waals surface area contributed by atoms with Crippen molar-refractivity contribution in [3.05, 3.63) is 0 Å². The molecule has 0 N–H and O–H groups in total. The van der Waals surface area contributed by atoms with Crippen molar-refractivity contribution in [1.29, 1.82) is 0 Å². The van der Waals surface area contributed by atoms with Gasteiger partial charge in [-0.15, -0.1) is 0 Å². The van der Waals surface area contributed by atoms with Gasteiger partial charge in [0.05, 0.1) is 0 Å². The summed E-state index contributed by atoms with van der Waals surface area (Å²) in [6.45, 7) is 3.99. The Morgan fingerprint density at radius 2 is 2.31 bits per heavy atom. The molecular weight excluding hydrogens is 174 g/mol. The summed E-state index contributed by atoms with van der Waals surface area (Å²) in [7, 11) is 0. The number of hydrogen-bond donors (Lipinski definition) is 0. The largest absolute Gasteiger partial charge is 0.350 e. The van der Waals surface area contributed by atoms with Gasteiger partial charge >= 0.3 is 0 Å². The number of carbonyl (C=O) groups excluding carboxylic acids is 1. The minimum atomic E-state index is -0.888. The Balaban J connectivity index is 2.20. The van der Waals surface area contributed by atoms with Gasteiger partial charge in [0.15, 0.2) is 18.2 Å². The average molecular weight is 190 g/mol. The third-order valence-electron chi connectivity index (χ3n) is 1.79. The topological polar surface area (TPSA) is 44.8 Å². The van der Waals surface area contributed by atoms with Crippen LogP contribution in [0.2, 0.25) is 0 Å². The number of ether oxygens (including phenoxy) is 1. The van der Waals surface area contributed by atoms with Crippen LogP contribution in [0, 0.1) is 0 Å². The van der Waals surface area contributed by atoms with E-state index in [1.54, 1.807) is 13.8 Å². The quantitative estimate of drug-likeness (QED) is 0.291. The van der Waals surface area contributed by atoms with Gasteiger partial charge in [-0.25, -0.2) is 9.78 Å². The third kappa shape index (κ3) is 3.85. The maximum absolute atomic E-state index is 10.5. The molecule has 1 aliphatic heterocycles. The second-order valence-corrected chi connectivity index (χ2v) is 3.70. The summed E-state index contributed by atoms with van der Waals surface area (Å²) in [6, 6.07) is 0. The van der Waals surface area contributed by atoms with Gasteiger partial charge in [0, 0.05) is 13.0 Å². The van der Waals surface area contributed by atoms with Crippen molar-refractivity contribution in [2.75, 3.05) is 6.61 Å². The van der Waals surface area contributed by atoms with E-state index in [0.717, 1.165) is 19.3 Å². The highest BCUT2D eigenvalue weighted by Gasteiger charge is 2.22. The molecule has 1 aliphatic rings. The van der Waals surface area contributed by atoms with Crippen LogP contribution in [0.4, 0.5) is 0 Å². The third-order valence-corrected chi connectivity index (χ3v) is 1.79. The normalized spacial score (nSPS) is 24.3. The first-order valence-corrected chi connectivity index (χ1v) is 4.56. The lowest BCUT2D eigenvalue weighted by Crippen LogP contribution is -2.31. The summed E-state index contributed by atoms with van der Waals surface area (Å²) in [5, 5.41) is 0. The van der Waals surface area contributed by atoms with E-state index in [-0.39, 0.29) is 6.29 Å². The highest BCUT2D eigenvalue weighted by molar-refractivity contribution is 5.60. The Labute approximate surface area is 78.1 Å². The number of aldehydes is 1. The zero-order chi connectivity index (χ0) is 9.73. The molecule has 0 saturated carbocycles. The van der Waals surface area contributed by atoms with Crippen molar-refractivity contribution in [3.8, 4) is 0 Å². The number of rotatable bonds is 4. The van der Waals surface area contributed by atoms with Crippen molar-refractivity contribution >= 4 is 6.29 Å². The molecule has 0 aromatic heterocycles. The second-order valence-electron chi connectivity index (χ2n) is 3.70. The fourth-order valence-corrected chi connectivity index (χ4v) is 0.984. The molecule has 13 heavy (non-hydrogen) atoms. The first kappa shape index (κ1) is 10.6. The van der Waals surface area contributed by atoms with Crippen LogP contribution in [-0.2, 0) is 19.3 Å². The standard InChI is InChI=1S/C9H16O4/c1-9(2,7-10)13-12-8-5-3-4-6-11-8/h7-8H,3-6H2,1-2H3/i12+2. The molecule has 4 heteroatoms. The summed E-state index contributed by atoms with van der Waals surface area (Å²) >= 11 is 0. The number of hydrogen-bond acceptors (Lipinski definition) is 4. The molecule has 1 atom stereocenters. The monoisotopic (exact) mass is 190 g/mol. The van der Waals surface area contributed by atoms with Crippen molar-refractivity contribution in [2.24, 2.45) is 0 Å². The van der Waals surface area contributed by atoms with Crippen LogP contribution in [0.15, 0.2) is 0 Å². The van der Waals surface area contributed by atoms with Crippen molar-refractivity contribution in [1.82, 2.24) is 0 Å². The van der Waals surface area contributed by atoms with Crippen molar-refractivity contribution < 1.29 is 19.3 Å². The van der Waals surface area contributed by atoms with Crippen LogP contribution >= 0.6 is 0 Å². The Bertz CT molecular complexity index is 161. The lowest BCUT2D eigenvalue weighted by atomic mass is 10.2. The van der Waals surface area contributed by atoms with Crippen LogP contribution < -0.4 is 0 Å². The Kier molecular flexibility index (Phi) is 3.84. The molecule has 0 aromatic carbocycles. The summed E-state index contributed by atoms with van der Waals surface area (Å²) < 4.78 is 5.25. The van der Waals surface area contributed by atoms with Crippen LogP contribution in [0.3, 0.4) is 0 Å². The van der Waals surface area contributed by atoms with Crippen LogP contribution in [0.25, 0.3) is 0 Å². The maximum Gasteiger partial charge on any atom is 0.191 e. The van der Waals surface area contributed by atoms with E-state index in [4.69, 9.17) is 14.5 Å². The van der Waals surface area contributed by atoms with Gasteiger partial charge in [-0.1, -0.05) is 0 Å². The SMILES string of the molecule is CC(C)(C=O)O[18O]C1CCCCO1. The molecule has 0 aromatic rings. The highest BCUT2D eigenvalue weighted by atomic mass is 18.6. The van der Waals surface area contributed by atoms with Crippen LogP contribution in [-0.4, -0.2) is 24.8 Å². The van der Waals surface area contributed by atoms with Gasteiger partial charge in [0.2, 0.25) is 0 Å². The molecule has 1 saturated heterocycles. The molecule has 0 radical (unpaired) electrons. The van der Waals surface area contributed by atoms with Crippen LogP contribution in [0.1, 0.15) is 33.1 Å². The van der Waals surface area contributed by atoms with E-state index in [2.05, 4.69) is 0 Å². The fraction of sp³-hybridized carbons (Fsp3) is 0.889. The Hall–Kier alpha value is -0.450. The van der Waals surface area contributed by atoms with Crippen molar-refractivity contribution in [2.45, 2.75) is 45.0 Å². The van der Waals surface area contributed by atoms with Gasteiger partial charge in [-0.05, 0) is 26.7 Å². The van der Waals surface area contributed by atoms with E-state index in [1.165, 1.54) is 0 Å². The minimum absolute atomic E-state index is 0.312. The van der Waals surface area contributed by atoms with Gasteiger partial charge in [0.1, 0.15) is 0 Å².